The standard InChI is InChI=1S/C7H7IN4/c8-4-2-1-3-5-6(4)11-7(10-5)12-9/h1-3H,9H2,(H2,10,11,12). The first-order valence-electron chi connectivity index (χ1n) is 3.42. The van der Waals surface area contributed by atoms with Crippen molar-refractivity contribution in [3.63, 3.8) is 0 Å². The molecule has 0 saturated heterocycles. The van der Waals surface area contributed by atoms with Gasteiger partial charge in [0, 0.05) is 3.57 Å². The van der Waals surface area contributed by atoms with Crippen LogP contribution in [0.4, 0.5) is 5.95 Å². The van der Waals surface area contributed by atoms with Crippen LogP contribution in [0.15, 0.2) is 18.2 Å². The lowest BCUT2D eigenvalue weighted by Crippen LogP contribution is -2.07. The first-order valence-corrected chi connectivity index (χ1v) is 4.50. The van der Waals surface area contributed by atoms with Crippen LogP contribution in [0.5, 0.6) is 0 Å². The molecule has 2 aromatic rings. The van der Waals surface area contributed by atoms with Crippen molar-refractivity contribution >= 4 is 39.6 Å². The van der Waals surface area contributed by atoms with Gasteiger partial charge in [0.05, 0.1) is 5.52 Å². The highest BCUT2D eigenvalue weighted by atomic mass is 127. The van der Waals surface area contributed by atoms with Gasteiger partial charge in [-0.15, -0.1) is 0 Å². The number of nitrogens with two attached hydrogens (primary N) is 1. The lowest BCUT2D eigenvalue weighted by atomic mass is 10.3. The molecule has 0 unspecified atom stereocenters. The number of hydrogen-bond donors (Lipinski definition) is 3. The fourth-order valence-electron chi connectivity index (χ4n) is 1.07. The molecule has 4 N–H and O–H groups in total. The van der Waals surface area contributed by atoms with Gasteiger partial charge in [0.1, 0.15) is 5.52 Å². The molecule has 1 aromatic heterocycles. The zero-order valence-electron chi connectivity index (χ0n) is 6.13. The highest BCUT2D eigenvalue weighted by Crippen LogP contribution is 2.19. The van der Waals surface area contributed by atoms with E-state index >= 15 is 0 Å². The van der Waals surface area contributed by atoms with Crippen molar-refractivity contribution in [3.05, 3.63) is 21.8 Å². The van der Waals surface area contributed by atoms with Gasteiger partial charge in [0.15, 0.2) is 0 Å². The number of para-hydroxylation sites is 1. The zero-order chi connectivity index (χ0) is 8.55. The molecule has 0 aliphatic carbocycles. The average Bonchev–Trinajstić information content (AvgIpc) is 2.49. The number of imidazole rings is 1. The Morgan fingerprint density at radius 2 is 2.33 bits per heavy atom. The van der Waals surface area contributed by atoms with Crippen molar-refractivity contribution in [2.75, 3.05) is 5.43 Å². The summed E-state index contributed by atoms with van der Waals surface area (Å²) in [5, 5.41) is 0. The molecule has 0 fully saturated rings. The monoisotopic (exact) mass is 274 g/mol. The van der Waals surface area contributed by atoms with Crippen LogP contribution in [-0.4, -0.2) is 9.97 Å². The molecule has 5 heteroatoms. The number of H-pyrrole nitrogens is 1. The van der Waals surface area contributed by atoms with Crippen molar-refractivity contribution in [2.24, 2.45) is 5.84 Å². The van der Waals surface area contributed by atoms with Crippen LogP contribution in [0.3, 0.4) is 0 Å². The third-order valence-corrected chi connectivity index (χ3v) is 2.47. The topological polar surface area (TPSA) is 66.7 Å². The lowest BCUT2D eigenvalue weighted by Gasteiger charge is -1.88. The molecule has 12 heavy (non-hydrogen) atoms. The smallest absolute Gasteiger partial charge is 0.215 e. The molecular weight excluding hydrogens is 267 g/mol. The second-order valence-electron chi connectivity index (χ2n) is 2.37. The molecule has 4 nitrogen and oxygen atoms in total. The summed E-state index contributed by atoms with van der Waals surface area (Å²) in [4.78, 5) is 7.27. The summed E-state index contributed by atoms with van der Waals surface area (Å²) in [5.41, 5.74) is 4.42. The Morgan fingerprint density at radius 1 is 1.50 bits per heavy atom. The first kappa shape index (κ1) is 7.81. The summed E-state index contributed by atoms with van der Waals surface area (Å²) in [6.07, 6.45) is 0. The van der Waals surface area contributed by atoms with Crippen LogP contribution in [0, 0.1) is 3.57 Å². The van der Waals surface area contributed by atoms with Crippen LogP contribution in [0.25, 0.3) is 11.0 Å². The van der Waals surface area contributed by atoms with Crippen LogP contribution >= 0.6 is 22.6 Å². The largest absolute Gasteiger partial charge is 0.323 e. The van der Waals surface area contributed by atoms with Gasteiger partial charge in [-0.25, -0.2) is 10.8 Å². The Labute approximate surface area is 82.7 Å². The number of anilines is 1. The van der Waals surface area contributed by atoms with Gasteiger partial charge in [0.25, 0.3) is 0 Å². The highest BCUT2D eigenvalue weighted by Gasteiger charge is 2.02. The number of aromatic amines is 1. The van der Waals surface area contributed by atoms with E-state index < -0.39 is 0 Å². The summed E-state index contributed by atoms with van der Waals surface area (Å²) in [6, 6.07) is 5.94. The van der Waals surface area contributed by atoms with Gasteiger partial charge in [-0.2, -0.15) is 0 Å². The molecule has 2 rings (SSSR count). The number of halogens is 1. The molecule has 0 saturated carbocycles. The zero-order valence-corrected chi connectivity index (χ0v) is 8.29. The summed E-state index contributed by atoms with van der Waals surface area (Å²) < 4.78 is 1.11. The molecule has 62 valence electrons. The van der Waals surface area contributed by atoms with E-state index in [1.165, 1.54) is 0 Å². The van der Waals surface area contributed by atoms with Crippen LogP contribution < -0.4 is 11.3 Å². The van der Waals surface area contributed by atoms with Gasteiger partial charge in [-0.3, -0.25) is 5.43 Å². The molecule has 0 aliphatic rings. The predicted octanol–water partition coefficient (Wildman–Crippen LogP) is 1.45. The van der Waals surface area contributed by atoms with Gasteiger partial charge < -0.3 is 4.98 Å². The predicted molar refractivity (Wildman–Crippen MR) is 56.6 cm³/mol. The Morgan fingerprint density at radius 3 is 3.00 bits per heavy atom. The fraction of sp³-hybridized carbons (Fsp3) is 0. The number of aromatic nitrogens is 2. The summed E-state index contributed by atoms with van der Waals surface area (Å²) in [5.74, 6) is 5.81. The molecule has 0 bridgehead atoms. The first-order chi connectivity index (χ1) is 5.81. The van der Waals surface area contributed by atoms with Crippen molar-refractivity contribution in [1.82, 2.24) is 9.97 Å². The van der Waals surface area contributed by atoms with Gasteiger partial charge in [0.2, 0.25) is 5.95 Å². The third kappa shape index (κ3) is 1.14. The molecule has 1 heterocycles. The maximum atomic E-state index is 5.22. The highest BCUT2D eigenvalue weighted by molar-refractivity contribution is 14.1. The quantitative estimate of drug-likeness (QED) is 0.419. The Bertz CT molecular complexity index is 409. The molecule has 1 aromatic carbocycles. The normalized spacial score (nSPS) is 10.5. The molecule has 0 spiro atoms. The third-order valence-electron chi connectivity index (χ3n) is 1.60. The van der Waals surface area contributed by atoms with E-state index in [1.807, 2.05) is 18.2 Å². The van der Waals surface area contributed by atoms with E-state index in [1.54, 1.807) is 0 Å². The summed E-state index contributed by atoms with van der Waals surface area (Å²) >= 11 is 2.24. The van der Waals surface area contributed by atoms with E-state index in [9.17, 15) is 0 Å². The lowest BCUT2D eigenvalue weighted by molar-refractivity contribution is 1.21. The molecule has 0 aliphatic heterocycles. The minimum atomic E-state index is 0.592. The van der Waals surface area contributed by atoms with Crippen LogP contribution in [0.2, 0.25) is 0 Å². The molecule has 0 radical (unpaired) electrons. The Kier molecular flexibility index (Phi) is 1.89. The van der Waals surface area contributed by atoms with E-state index in [0.29, 0.717) is 5.95 Å². The van der Waals surface area contributed by atoms with Crippen LogP contribution in [-0.2, 0) is 0 Å². The van der Waals surface area contributed by atoms with Crippen molar-refractivity contribution in [1.29, 1.82) is 0 Å². The van der Waals surface area contributed by atoms with Crippen molar-refractivity contribution < 1.29 is 0 Å². The Balaban J connectivity index is 2.74. The Hall–Kier alpha value is -0.820. The summed E-state index contributed by atoms with van der Waals surface area (Å²) in [7, 11) is 0. The van der Waals surface area contributed by atoms with E-state index in [4.69, 9.17) is 5.84 Å². The minimum absolute atomic E-state index is 0.592. The maximum absolute atomic E-state index is 5.22. The number of nitrogens with zero attached hydrogens (tertiary/aromatic N) is 1. The number of rotatable bonds is 1. The van der Waals surface area contributed by atoms with E-state index in [-0.39, 0.29) is 0 Å². The van der Waals surface area contributed by atoms with E-state index in [2.05, 4.69) is 38.0 Å². The number of fused-ring (bicyclic) bond motifs is 1. The van der Waals surface area contributed by atoms with Gasteiger partial charge in [-0.1, -0.05) is 6.07 Å². The second-order valence-corrected chi connectivity index (χ2v) is 3.53. The number of nitrogen functional groups attached to an aromatic ring is 1. The fourth-order valence-corrected chi connectivity index (χ4v) is 1.68. The SMILES string of the molecule is NNc1nc2c(I)cccc2[nH]1. The number of hydrazine groups is 1. The van der Waals surface area contributed by atoms with Gasteiger partial charge in [-0.05, 0) is 34.7 Å². The molecular formula is C7H7IN4. The average molecular weight is 274 g/mol. The maximum Gasteiger partial charge on any atom is 0.215 e. The number of benzene rings is 1. The minimum Gasteiger partial charge on any atom is -0.323 e. The van der Waals surface area contributed by atoms with Crippen molar-refractivity contribution in [2.45, 2.75) is 0 Å². The second kappa shape index (κ2) is 2.91. The summed E-state index contributed by atoms with van der Waals surface area (Å²) in [6.45, 7) is 0. The molecule has 0 atom stereocenters. The van der Waals surface area contributed by atoms with Gasteiger partial charge >= 0.3 is 0 Å². The number of nitrogens with one attached hydrogen (secondary N) is 2. The van der Waals surface area contributed by atoms with Crippen LogP contribution in [0.1, 0.15) is 0 Å². The number of hydrogen-bond acceptors (Lipinski definition) is 3. The molecule has 0 amide bonds. The van der Waals surface area contributed by atoms with E-state index in [0.717, 1.165) is 14.6 Å². The van der Waals surface area contributed by atoms with Crippen molar-refractivity contribution in [3.8, 4) is 0 Å².